The molecule has 5 heteroatoms. The van der Waals surface area contributed by atoms with E-state index in [0.717, 1.165) is 11.1 Å². The van der Waals surface area contributed by atoms with E-state index in [0.29, 0.717) is 6.61 Å². The molecule has 0 radical (unpaired) electrons. The molecule has 2 aliphatic heterocycles. The average molecular weight is 277 g/mol. The lowest BCUT2D eigenvalue weighted by atomic mass is 9.97. The van der Waals surface area contributed by atoms with Gasteiger partial charge in [-0.2, -0.15) is 5.06 Å². The highest BCUT2D eigenvalue weighted by Gasteiger charge is 2.54. The molecule has 0 saturated carbocycles. The van der Waals surface area contributed by atoms with Crippen LogP contribution in [-0.2, 0) is 14.4 Å². The lowest BCUT2D eigenvalue weighted by Crippen LogP contribution is -2.37. The predicted molar refractivity (Wildman–Crippen MR) is 71.6 cm³/mol. The summed E-state index contributed by atoms with van der Waals surface area (Å²) >= 11 is 0. The Morgan fingerprint density at radius 2 is 2.30 bits per heavy atom. The Bertz CT molecular complexity index is 518. The van der Waals surface area contributed by atoms with Crippen LogP contribution in [0.15, 0.2) is 24.3 Å². The van der Waals surface area contributed by atoms with Crippen molar-refractivity contribution >= 4 is 5.97 Å². The van der Waals surface area contributed by atoms with Crippen LogP contribution in [-0.4, -0.2) is 41.5 Å². The van der Waals surface area contributed by atoms with Gasteiger partial charge in [0.2, 0.25) is 0 Å². The average Bonchev–Trinajstić information content (AvgIpc) is 2.99. The molecule has 2 heterocycles. The van der Waals surface area contributed by atoms with Gasteiger partial charge in [-0.15, -0.1) is 0 Å². The van der Waals surface area contributed by atoms with E-state index in [9.17, 15) is 9.90 Å². The predicted octanol–water partition coefficient (Wildman–Crippen LogP) is 1.21. The number of hydrogen-bond donors (Lipinski definition) is 1. The molecule has 3 rings (SSSR count). The molecular formula is C15H19NO4. The number of aliphatic hydroxyl groups excluding tert-OH is 1. The van der Waals surface area contributed by atoms with Gasteiger partial charge in [0.05, 0.1) is 25.2 Å². The van der Waals surface area contributed by atoms with E-state index in [1.54, 1.807) is 5.06 Å². The van der Waals surface area contributed by atoms with Gasteiger partial charge < -0.3 is 9.84 Å². The molecule has 0 amide bonds. The number of aliphatic hydroxyl groups is 1. The molecule has 0 bridgehead atoms. The number of hydrogen-bond acceptors (Lipinski definition) is 5. The molecular weight excluding hydrogens is 258 g/mol. The Morgan fingerprint density at radius 1 is 1.50 bits per heavy atom. The molecule has 1 aromatic rings. The monoisotopic (exact) mass is 277 g/mol. The van der Waals surface area contributed by atoms with Gasteiger partial charge in [-0.05, 0) is 19.4 Å². The van der Waals surface area contributed by atoms with Crippen LogP contribution < -0.4 is 0 Å². The molecule has 2 saturated heterocycles. The van der Waals surface area contributed by atoms with Crippen molar-refractivity contribution in [1.29, 1.82) is 0 Å². The van der Waals surface area contributed by atoms with Crippen LogP contribution in [0.3, 0.4) is 0 Å². The molecule has 2 unspecified atom stereocenters. The van der Waals surface area contributed by atoms with E-state index >= 15 is 0 Å². The number of aryl methyl sites for hydroxylation is 1. The van der Waals surface area contributed by atoms with E-state index in [2.05, 4.69) is 6.07 Å². The van der Waals surface area contributed by atoms with Crippen LogP contribution in [0.1, 0.15) is 24.1 Å². The van der Waals surface area contributed by atoms with Crippen LogP contribution in [0.25, 0.3) is 0 Å². The van der Waals surface area contributed by atoms with Crippen molar-refractivity contribution in [2.45, 2.75) is 32.0 Å². The Kier molecular flexibility index (Phi) is 3.50. The number of fused-ring (bicyclic) bond motifs is 1. The van der Waals surface area contributed by atoms with Crippen molar-refractivity contribution in [3.05, 3.63) is 35.4 Å². The summed E-state index contributed by atoms with van der Waals surface area (Å²) in [5.41, 5.74) is 2.25. The van der Waals surface area contributed by atoms with Gasteiger partial charge in [0.15, 0.2) is 0 Å². The molecule has 108 valence electrons. The molecule has 2 aliphatic rings. The number of carbonyl (C=O) groups is 1. The van der Waals surface area contributed by atoms with Gasteiger partial charge in [-0.1, -0.05) is 29.8 Å². The number of cyclic esters (lactones) is 1. The third kappa shape index (κ3) is 2.12. The molecule has 5 nitrogen and oxygen atoms in total. The number of esters is 1. The summed E-state index contributed by atoms with van der Waals surface area (Å²) in [6.45, 7) is 4.25. The smallest absolute Gasteiger partial charge is 0.326 e. The lowest BCUT2D eigenvalue weighted by molar-refractivity contribution is -0.205. The van der Waals surface area contributed by atoms with Crippen molar-refractivity contribution in [1.82, 2.24) is 5.06 Å². The number of hydroxylamine groups is 2. The number of carbonyl (C=O) groups excluding carboxylic acids is 1. The third-order valence-electron chi connectivity index (χ3n) is 4.16. The van der Waals surface area contributed by atoms with E-state index in [1.165, 1.54) is 0 Å². The first kappa shape index (κ1) is 13.5. The molecule has 20 heavy (non-hydrogen) atoms. The number of ether oxygens (including phenoxy) is 1. The maximum absolute atomic E-state index is 11.9. The largest absolute Gasteiger partial charge is 0.464 e. The van der Waals surface area contributed by atoms with Crippen LogP contribution in [0.5, 0.6) is 0 Å². The Balaban J connectivity index is 1.87. The standard InChI is InChI=1S/C15H19NO4/c1-9-4-3-5-11(6-9)10(2)16-14-12(8-19-15(14)18)13(7-17)20-16/h3-6,10,12-14,17H,7-8H2,1-2H3/t10?,12-,13?,14+/m1/s1. The third-order valence-corrected chi connectivity index (χ3v) is 4.16. The maximum Gasteiger partial charge on any atom is 0.326 e. The highest BCUT2D eigenvalue weighted by Crippen LogP contribution is 2.38. The van der Waals surface area contributed by atoms with Crippen LogP contribution in [0.2, 0.25) is 0 Å². The zero-order valence-electron chi connectivity index (χ0n) is 11.7. The minimum absolute atomic E-state index is 0.0652. The summed E-state index contributed by atoms with van der Waals surface area (Å²) in [4.78, 5) is 17.7. The number of nitrogens with zero attached hydrogens (tertiary/aromatic N) is 1. The molecule has 0 aromatic heterocycles. The SMILES string of the molecule is Cc1cccc(C(C)N2OC(CO)[C@H]3COC(=O)[C@H]32)c1. The topological polar surface area (TPSA) is 59.0 Å². The summed E-state index contributed by atoms with van der Waals surface area (Å²) < 4.78 is 5.12. The van der Waals surface area contributed by atoms with Crippen molar-refractivity contribution in [2.75, 3.05) is 13.2 Å². The fourth-order valence-electron chi connectivity index (χ4n) is 3.01. The first-order valence-electron chi connectivity index (χ1n) is 6.91. The van der Waals surface area contributed by atoms with Crippen molar-refractivity contribution in [3.8, 4) is 0 Å². The molecule has 0 spiro atoms. The van der Waals surface area contributed by atoms with Gasteiger partial charge >= 0.3 is 5.97 Å². The summed E-state index contributed by atoms with van der Waals surface area (Å²) in [7, 11) is 0. The first-order valence-corrected chi connectivity index (χ1v) is 6.91. The summed E-state index contributed by atoms with van der Waals surface area (Å²) in [6, 6.07) is 7.64. The Labute approximate surface area is 118 Å². The lowest BCUT2D eigenvalue weighted by Gasteiger charge is -2.27. The molecule has 0 aliphatic carbocycles. The minimum Gasteiger partial charge on any atom is -0.464 e. The normalized spacial score (nSPS) is 31.1. The Morgan fingerprint density at radius 3 is 3.00 bits per heavy atom. The zero-order chi connectivity index (χ0) is 14.3. The van der Waals surface area contributed by atoms with Crippen molar-refractivity contribution in [3.63, 3.8) is 0 Å². The van der Waals surface area contributed by atoms with Crippen LogP contribution in [0, 0.1) is 12.8 Å². The Hall–Kier alpha value is -1.43. The quantitative estimate of drug-likeness (QED) is 0.841. The van der Waals surface area contributed by atoms with Gasteiger partial charge in [-0.25, -0.2) is 0 Å². The zero-order valence-corrected chi connectivity index (χ0v) is 11.7. The second-order valence-corrected chi connectivity index (χ2v) is 5.52. The number of benzene rings is 1. The highest BCUT2D eigenvalue weighted by atomic mass is 16.7. The minimum atomic E-state index is -0.414. The highest BCUT2D eigenvalue weighted by molar-refractivity contribution is 5.78. The van der Waals surface area contributed by atoms with Gasteiger partial charge in [0.1, 0.15) is 12.1 Å². The first-order chi connectivity index (χ1) is 9.61. The van der Waals surface area contributed by atoms with Crippen molar-refractivity contribution < 1.29 is 19.5 Å². The second-order valence-electron chi connectivity index (χ2n) is 5.52. The summed E-state index contributed by atoms with van der Waals surface area (Å²) in [6.07, 6.45) is -0.362. The van der Waals surface area contributed by atoms with E-state index in [-0.39, 0.29) is 30.6 Å². The molecule has 1 N–H and O–H groups in total. The summed E-state index contributed by atoms with van der Waals surface area (Å²) in [5, 5.41) is 11.1. The second kappa shape index (κ2) is 5.16. The number of rotatable bonds is 3. The van der Waals surface area contributed by atoms with Gasteiger partial charge in [0, 0.05) is 0 Å². The van der Waals surface area contributed by atoms with E-state index in [4.69, 9.17) is 9.57 Å². The van der Waals surface area contributed by atoms with Gasteiger partial charge in [-0.3, -0.25) is 9.63 Å². The fourth-order valence-corrected chi connectivity index (χ4v) is 3.01. The van der Waals surface area contributed by atoms with E-state index in [1.807, 2.05) is 32.0 Å². The maximum atomic E-state index is 11.9. The molecule has 1 aromatic carbocycles. The fraction of sp³-hybridized carbons (Fsp3) is 0.533. The molecule has 4 atom stereocenters. The van der Waals surface area contributed by atoms with Crippen LogP contribution >= 0.6 is 0 Å². The molecule has 2 fully saturated rings. The summed E-state index contributed by atoms with van der Waals surface area (Å²) in [5.74, 6) is -0.342. The van der Waals surface area contributed by atoms with Gasteiger partial charge in [0.25, 0.3) is 0 Å². The van der Waals surface area contributed by atoms with E-state index < -0.39 is 6.04 Å². The van der Waals surface area contributed by atoms with Crippen LogP contribution in [0.4, 0.5) is 0 Å². The van der Waals surface area contributed by atoms with Crippen molar-refractivity contribution in [2.24, 2.45) is 5.92 Å².